The van der Waals surface area contributed by atoms with Gasteiger partial charge in [-0.05, 0) is 37.3 Å². The number of aryl methyl sites for hydroxylation is 1. The van der Waals surface area contributed by atoms with E-state index in [2.05, 4.69) is 10.5 Å². The van der Waals surface area contributed by atoms with Crippen LogP contribution >= 0.6 is 0 Å². The molecule has 0 fully saturated rings. The zero-order valence-corrected chi connectivity index (χ0v) is 11.8. The lowest BCUT2D eigenvalue weighted by Crippen LogP contribution is -2.31. The van der Waals surface area contributed by atoms with Crippen LogP contribution in [-0.4, -0.2) is 16.1 Å². The molecule has 0 aliphatic heterocycles. The number of rotatable bonds is 6. The molecule has 0 aliphatic carbocycles. The number of halogens is 4. The summed E-state index contributed by atoms with van der Waals surface area (Å²) >= 11 is 0. The van der Waals surface area contributed by atoms with Gasteiger partial charge in [0.05, 0.1) is 5.60 Å². The average molecular weight is 291 g/mol. The lowest BCUT2D eigenvalue weighted by Gasteiger charge is -2.30. The summed E-state index contributed by atoms with van der Waals surface area (Å²) in [5.41, 5.74) is -0.726. The van der Waals surface area contributed by atoms with Crippen LogP contribution in [-0.2, 0) is 10.8 Å². The van der Waals surface area contributed by atoms with Crippen LogP contribution in [0.3, 0.4) is 0 Å². The predicted octanol–water partition coefficient (Wildman–Crippen LogP) is 3.83. The SMILES string of the molecule is CCC(CC)(CCc1cc(F)c(F)c(F)c1F)O[Si]. The van der Waals surface area contributed by atoms with E-state index in [1.807, 2.05) is 13.8 Å². The van der Waals surface area contributed by atoms with Crippen molar-refractivity contribution in [3.63, 3.8) is 0 Å². The Bertz CT molecular complexity index is 438. The summed E-state index contributed by atoms with van der Waals surface area (Å²) in [7, 11) is 2.97. The first-order chi connectivity index (χ1) is 8.90. The Morgan fingerprint density at radius 3 is 2.11 bits per heavy atom. The zero-order chi connectivity index (χ0) is 14.6. The lowest BCUT2D eigenvalue weighted by atomic mass is 9.90. The van der Waals surface area contributed by atoms with E-state index in [-0.39, 0.29) is 12.0 Å². The van der Waals surface area contributed by atoms with Gasteiger partial charge in [-0.3, -0.25) is 0 Å². The fourth-order valence-electron chi connectivity index (χ4n) is 1.97. The van der Waals surface area contributed by atoms with Gasteiger partial charge in [0.1, 0.15) is 0 Å². The van der Waals surface area contributed by atoms with Gasteiger partial charge in [0.25, 0.3) is 0 Å². The summed E-state index contributed by atoms with van der Waals surface area (Å²) in [6.45, 7) is 3.79. The Hall–Kier alpha value is -0.883. The highest BCUT2D eigenvalue weighted by atomic mass is 28.2. The maximum Gasteiger partial charge on any atom is 0.247 e. The molecule has 0 heterocycles. The molecule has 1 aromatic carbocycles. The standard InChI is InChI=1S/C13H15F4OSi/c1-3-13(4-2,18-19)6-5-8-7-9(14)11(16)12(17)10(8)15/h7H,3-6H2,1-2H3. The molecule has 0 bridgehead atoms. The molecule has 0 amide bonds. The number of hydrogen-bond acceptors (Lipinski definition) is 1. The van der Waals surface area contributed by atoms with Crippen LogP contribution in [0.2, 0.25) is 0 Å². The molecule has 0 saturated carbocycles. The van der Waals surface area contributed by atoms with Gasteiger partial charge >= 0.3 is 0 Å². The fourth-order valence-corrected chi connectivity index (χ4v) is 2.36. The van der Waals surface area contributed by atoms with Gasteiger partial charge in [-0.15, -0.1) is 0 Å². The molecule has 19 heavy (non-hydrogen) atoms. The molecular weight excluding hydrogens is 276 g/mol. The minimum Gasteiger partial charge on any atom is -0.413 e. The highest BCUT2D eigenvalue weighted by Crippen LogP contribution is 2.27. The monoisotopic (exact) mass is 291 g/mol. The summed E-state index contributed by atoms with van der Waals surface area (Å²) in [6, 6.07) is 0.692. The molecular formula is C13H15F4OSi. The predicted molar refractivity (Wildman–Crippen MR) is 64.7 cm³/mol. The van der Waals surface area contributed by atoms with Crippen molar-refractivity contribution in [2.45, 2.75) is 45.1 Å². The molecule has 1 nitrogen and oxygen atoms in total. The molecule has 0 spiro atoms. The first kappa shape index (κ1) is 16.2. The Morgan fingerprint density at radius 1 is 1.05 bits per heavy atom. The highest BCUT2D eigenvalue weighted by Gasteiger charge is 2.26. The first-order valence-corrected chi connectivity index (χ1v) is 6.48. The van der Waals surface area contributed by atoms with E-state index >= 15 is 0 Å². The minimum atomic E-state index is -1.78. The summed E-state index contributed by atoms with van der Waals surface area (Å²) in [5.74, 6) is -6.27. The van der Waals surface area contributed by atoms with Crippen molar-refractivity contribution >= 4 is 10.5 Å². The van der Waals surface area contributed by atoms with Crippen LogP contribution in [0.4, 0.5) is 17.6 Å². The lowest BCUT2D eigenvalue weighted by molar-refractivity contribution is 0.0613. The fraction of sp³-hybridized carbons (Fsp3) is 0.538. The van der Waals surface area contributed by atoms with E-state index < -0.39 is 28.9 Å². The van der Waals surface area contributed by atoms with Crippen LogP contribution in [0.25, 0.3) is 0 Å². The van der Waals surface area contributed by atoms with E-state index in [0.717, 1.165) is 0 Å². The quantitative estimate of drug-likeness (QED) is 0.335. The minimum absolute atomic E-state index is 0.0616. The molecule has 0 saturated heterocycles. The molecule has 0 unspecified atom stereocenters. The second kappa shape index (κ2) is 6.52. The molecule has 6 heteroatoms. The number of hydrogen-bond donors (Lipinski definition) is 0. The Kier molecular flexibility index (Phi) is 5.55. The first-order valence-electron chi connectivity index (χ1n) is 6.07. The molecule has 105 valence electrons. The van der Waals surface area contributed by atoms with Gasteiger partial charge in [-0.1, -0.05) is 13.8 Å². The van der Waals surface area contributed by atoms with E-state index in [1.54, 1.807) is 0 Å². The largest absolute Gasteiger partial charge is 0.413 e. The number of benzene rings is 1. The molecule has 0 aliphatic rings. The zero-order valence-electron chi connectivity index (χ0n) is 10.8. The van der Waals surface area contributed by atoms with Crippen molar-refractivity contribution in [1.29, 1.82) is 0 Å². The van der Waals surface area contributed by atoms with Gasteiger partial charge in [-0.25, -0.2) is 17.6 Å². The molecule has 1 rings (SSSR count). The Morgan fingerprint density at radius 2 is 1.63 bits per heavy atom. The van der Waals surface area contributed by atoms with Gasteiger partial charge in [0.15, 0.2) is 23.3 Å². The summed E-state index contributed by atoms with van der Waals surface area (Å²) in [5, 5.41) is 0. The molecule has 0 N–H and O–H groups in total. The van der Waals surface area contributed by atoms with Crippen LogP contribution in [0.15, 0.2) is 6.07 Å². The van der Waals surface area contributed by atoms with Crippen molar-refractivity contribution in [2.24, 2.45) is 0 Å². The van der Waals surface area contributed by atoms with Crippen molar-refractivity contribution in [3.05, 3.63) is 34.9 Å². The van der Waals surface area contributed by atoms with Crippen LogP contribution < -0.4 is 0 Å². The second-order valence-corrected chi connectivity index (χ2v) is 4.66. The van der Waals surface area contributed by atoms with Gasteiger partial charge < -0.3 is 4.43 Å². The highest BCUT2D eigenvalue weighted by molar-refractivity contribution is 5.98. The van der Waals surface area contributed by atoms with Crippen LogP contribution in [0.5, 0.6) is 0 Å². The molecule has 1 aromatic rings. The Balaban J connectivity index is 2.95. The van der Waals surface area contributed by atoms with E-state index in [1.165, 1.54) is 0 Å². The normalized spacial score (nSPS) is 11.9. The van der Waals surface area contributed by atoms with Gasteiger partial charge in [-0.2, -0.15) is 0 Å². The molecule has 3 radical (unpaired) electrons. The maximum atomic E-state index is 13.5. The van der Waals surface area contributed by atoms with Crippen molar-refractivity contribution in [1.82, 2.24) is 0 Å². The van der Waals surface area contributed by atoms with E-state index in [9.17, 15) is 17.6 Å². The van der Waals surface area contributed by atoms with E-state index in [0.29, 0.717) is 25.3 Å². The second-order valence-electron chi connectivity index (χ2n) is 4.45. The maximum absolute atomic E-state index is 13.5. The van der Waals surface area contributed by atoms with Gasteiger partial charge in [0, 0.05) is 0 Å². The third-order valence-electron chi connectivity index (χ3n) is 3.53. The summed E-state index contributed by atoms with van der Waals surface area (Å²) in [4.78, 5) is 0. The van der Waals surface area contributed by atoms with Crippen molar-refractivity contribution in [2.75, 3.05) is 0 Å². The van der Waals surface area contributed by atoms with Crippen LogP contribution in [0.1, 0.15) is 38.7 Å². The van der Waals surface area contributed by atoms with E-state index in [4.69, 9.17) is 4.43 Å². The van der Waals surface area contributed by atoms with Gasteiger partial charge in [0.2, 0.25) is 10.5 Å². The molecule has 0 atom stereocenters. The molecule has 0 aromatic heterocycles. The van der Waals surface area contributed by atoms with Crippen molar-refractivity contribution < 1.29 is 22.0 Å². The summed E-state index contributed by atoms with van der Waals surface area (Å²) in [6.07, 6.45) is 1.73. The Labute approximate surface area is 113 Å². The average Bonchev–Trinajstić information content (AvgIpc) is 2.43. The smallest absolute Gasteiger partial charge is 0.247 e. The summed E-state index contributed by atoms with van der Waals surface area (Å²) < 4.78 is 57.7. The third kappa shape index (κ3) is 3.36. The van der Waals surface area contributed by atoms with Crippen LogP contribution in [0, 0.1) is 23.3 Å². The van der Waals surface area contributed by atoms with Crippen molar-refractivity contribution in [3.8, 4) is 0 Å². The third-order valence-corrected chi connectivity index (χ3v) is 3.97. The topological polar surface area (TPSA) is 9.23 Å².